The summed E-state index contributed by atoms with van der Waals surface area (Å²) in [6, 6.07) is 6.25. The number of piperidine rings is 1. The number of nitrogens with one attached hydrogen (secondary N) is 2. The summed E-state index contributed by atoms with van der Waals surface area (Å²) in [6.45, 7) is 9.98. The van der Waals surface area contributed by atoms with Crippen molar-refractivity contribution in [3.05, 3.63) is 29.3 Å². The van der Waals surface area contributed by atoms with E-state index in [2.05, 4.69) is 49.6 Å². The topological polar surface area (TPSA) is 50.4 Å². The second kappa shape index (κ2) is 10.7. The molecule has 1 aliphatic rings. The van der Waals surface area contributed by atoms with E-state index in [-0.39, 0.29) is 23.7 Å². The Kier molecular flexibility index (Phi) is 9.30. The number of aryl methyl sites for hydroxylation is 2. The molecule has 1 heterocycles. The van der Waals surface area contributed by atoms with Crippen molar-refractivity contribution in [3.63, 3.8) is 0 Å². The highest BCUT2D eigenvalue weighted by Gasteiger charge is 2.26. The third kappa shape index (κ3) is 7.66. The molecule has 0 aliphatic carbocycles. The molecule has 4 nitrogen and oxygen atoms in total. The van der Waals surface area contributed by atoms with Crippen molar-refractivity contribution in [2.75, 3.05) is 26.2 Å². The molecule has 0 unspecified atom stereocenters. The number of rotatable bonds is 8. The fourth-order valence-electron chi connectivity index (χ4n) is 3.04. The van der Waals surface area contributed by atoms with Crippen LogP contribution in [-0.4, -0.2) is 32.1 Å². The highest BCUT2D eigenvalue weighted by molar-refractivity contribution is 5.85. The third-order valence-electron chi connectivity index (χ3n) is 4.92. The molecule has 1 fully saturated rings. The molecule has 0 aromatic heterocycles. The summed E-state index contributed by atoms with van der Waals surface area (Å²) in [5, 5.41) is 6.48. The minimum atomic E-state index is 0. The van der Waals surface area contributed by atoms with E-state index in [9.17, 15) is 4.79 Å². The highest BCUT2D eigenvalue weighted by atomic mass is 35.5. The number of benzene rings is 1. The molecule has 5 heteroatoms. The predicted molar refractivity (Wildman–Crippen MR) is 106 cm³/mol. The van der Waals surface area contributed by atoms with E-state index in [1.165, 1.54) is 5.56 Å². The van der Waals surface area contributed by atoms with Crippen LogP contribution in [0.3, 0.4) is 0 Å². The van der Waals surface area contributed by atoms with E-state index < -0.39 is 0 Å². The molecule has 0 spiro atoms. The van der Waals surface area contributed by atoms with Crippen molar-refractivity contribution >= 4 is 18.3 Å². The highest BCUT2D eigenvalue weighted by Crippen LogP contribution is 2.26. The Bertz CT molecular complexity index is 542. The average molecular weight is 369 g/mol. The molecule has 1 saturated heterocycles. The molecule has 1 amide bonds. The van der Waals surface area contributed by atoms with E-state index in [4.69, 9.17) is 4.74 Å². The number of halogens is 1. The first-order valence-corrected chi connectivity index (χ1v) is 9.16. The van der Waals surface area contributed by atoms with Crippen LogP contribution in [0.2, 0.25) is 0 Å². The Balaban J connectivity index is 0.00000312. The van der Waals surface area contributed by atoms with E-state index in [0.29, 0.717) is 13.0 Å². The van der Waals surface area contributed by atoms with E-state index in [1.807, 2.05) is 0 Å². The quantitative estimate of drug-likeness (QED) is 0.686. The van der Waals surface area contributed by atoms with E-state index in [0.717, 1.165) is 56.6 Å². The largest absolute Gasteiger partial charge is 0.493 e. The number of hydrogen-bond acceptors (Lipinski definition) is 3. The lowest BCUT2D eigenvalue weighted by Crippen LogP contribution is -2.42. The smallest absolute Gasteiger partial charge is 0.220 e. The molecule has 0 bridgehead atoms. The van der Waals surface area contributed by atoms with Crippen LogP contribution in [0, 0.1) is 19.3 Å². The normalized spacial score (nSPS) is 16.0. The maximum absolute atomic E-state index is 12.0. The lowest BCUT2D eigenvalue weighted by molar-refractivity contribution is -0.121. The van der Waals surface area contributed by atoms with Crippen molar-refractivity contribution in [1.29, 1.82) is 0 Å². The summed E-state index contributed by atoms with van der Waals surface area (Å²) in [6.07, 6.45) is 4.63. The maximum atomic E-state index is 12.0. The van der Waals surface area contributed by atoms with Gasteiger partial charge in [-0.15, -0.1) is 12.4 Å². The van der Waals surface area contributed by atoms with Gasteiger partial charge in [0, 0.05) is 13.0 Å². The molecule has 1 aromatic rings. The van der Waals surface area contributed by atoms with Crippen molar-refractivity contribution in [2.45, 2.75) is 52.9 Å². The van der Waals surface area contributed by atoms with Gasteiger partial charge in [0.15, 0.2) is 0 Å². The fraction of sp³-hybridized carbons (Fsp3) is 0.650. The van der Waals surface area contributed by atoms with E-state index >= 15 is 0 Å². The van der Waals surface area contributed by atoms with Gasteiger partial charge in [0.2, 0.25) is 5.91 Å². The van der Waals surface area contributed by atoms with Gasteiger partial charge in [-0.25, -0.2) is 0 Å². The second-order valence-corrected chi connectivity index (χ2v) is 7.41. The summed E-state index contributed by atoms with van der Waals surface area (Å²) < 4.78 is 5.83. The van der Waals surface area contributed by atoms with Crippen molar-refractivity contribution in [3.8, 4) is 5.75 Å². The number of carbonyl (C=O) groups is 1. The van der Waals surface area contributed by atoms with Crippen molar-refractivity contribution in [2.24, 2.45) is 5.41 Å². The number of carbonyl (C=O) groups excluding carboxylic acids is 1. The van der Waals surface area contributed by atoms with Crippen LogP contribution in [0.4, 0.5) is 0 Å². The second-order valence-electron chi connectivity index (χ2n) is 7.41. The average Bonchev–Trinajstić information content (AvgIpc) is 2.56. The molecule has 1 aliphatic heterocycles. The standard InChI is InChI=1S/C20H32N2O2.ClH/c1-16-7-8-17(2)18(14-16)24-13-5-4-6-19(23)22-15-20(3)9-11-21-12-10-20;/h7-8,14,21H,4-6,9-13,15H2,1-3H3,(H,22,23);1H. The molecule has 142 valence electrons. The van der Waals surface area contributed by atoms with Crippen molar-refractivity contribution in [1.82, 2.24) is 10.6 Å². The van der Waals surface area contributed by atoms with Gasteiger partial charge >= 0.3 is 0 Å². The molecule has 0 radical (unpaired) electrons. The van der Waals surface area contributed by atoms with Crippen molar-refractivity contribution < 1.29 is 9.53 Å². The first-order chi connectivity index (χ1) is 11.5. The molecule has 25 heavy (non-hydrogen) atoms. The maximum Gasteiger partial charge on any atom is 0.220 e. The Morgan fingerprint density at radius 3 is 2.68 bits per heavy atom. The Morgan fingerprint density at radius 1 is 1.24 bits per heavy atom. The number of ether oxygens (including phenoxy) is 1. The number of hydrogen-bond donors (Lipinski definition) is 2. The molecule has 2 N–H and O–H groups in total. The lowest BCUT2D eigenvalue weighted by atomic mass is 9.81. The van der Waals surface area contributed by atoms with Gasteiger partial charge < -0.3 is 15.4 Å². The summed E-state index contributed by atoms with van der Waals surface area (Å²) in [5.41, 5.74) is 2.63. The zero-order chi connectivity index (χ0) is 17.4. The molecule has 0 atom stereocenters. The van der Waals surface area contributed by atoms with E-state index in [1.54, 1.807) is 0 Å². The number of unbranched alkanes of at least 4 members (excludes halogenated alkanes) is 1. The zero-order valence-electron chi connectivity index (χ0n) is 15.8. The Morgan fingerprint density at radius 2 is 1.96 bits per heavy atom. The molecular weight excluding hydrogens is 336 g/mol. The Hall–Kier alpha value is -1.26. The van der Waals surface area contributed by atoms with Crippen LogP contribution in [0.25, 0.3) is 0 Å². The van der Waals surface area contributed by atoms with Crippen LogP contribution in [0.1, 0.15) is 50.2 Å². The van der Waals surface area contributed by atoms with Crippen LogP contribution in [0.5, 0.6) is 5.75 Å². The molecule has 1 aromatic carbocycles. The first kappa shape index (κ1) is 21.8. The minimum Gasteiger partial charge on any atom is -0.493 e. The Labute approximate surface area is 158 Å². The SMILES string of the molecule is Cc1ccc(C)c(OCCCCC(=O)NCC2(C)CCNCC2)c1.Cl. The molecular formula is C20H33ClN2O2. The lowest BCUT2D eigenvalue weighted by Gasteiger charge is -2.34. The summed E-state index contributed by atoms with van der Waals surface area (Å²) in [7, 11) is 0. The molecule has 0 saturated carbocycles. The van der Waals surface area contributed by atoms with Crippen LogP contribution >= 0.6 is 12.4 Å². The summed E-state index contributed by atoms with van der Waals surface area (Å²) in [4.78, 5) is 12.0. The van der Waals surface area contributed by atoms with Gasteiger partial charge in [0.1, 0.15) is 5.75 Å². The molecule has 2 rings (SSSR count). The minimum absolute atomic E-state index is 0. The fourth-order valence-corrected chi connectivity index (χ4v) is 3.04. The van der Waals surface area contributed by atoms with Gasteiger partial charge in [0.25, 0.3) is 0 Å². The van der Waals surface area contributed by atoms with Crippen LogP contribution in [0.15, 0.2) is 18.2 Å². The summed E-state index contributed by atoms with van der Waals surface area (Å²) in [5.74, 6) is 1.12. The predicted octanol–water partition coefficient (Wildman–Crippen LogP) is 3.78. The van der Waals surface area contributed by atoms with Gasteiger partial charge in [-0.1, -0.05) is 19.1 Å². The van der Waals surface area contributed by atoms with Crippen LogP contribution < -0.4 is 15.4 Å². The number of amides is 1. The van der Waals surface area contributed by atoms with Crippen LogP contribution in [-0.2, 0) is 4.79 Å². The van der Waals surface area contributed by atoms with Gasteiger partial charge in [-0.2, -0.15) is 0 Å². The zero-order valence-corrected chi connectivity index (χ0v) is 16.6. The van der Waals surface area contributed by atoms with Gasteiger partial charge in [-0.3, -0.25) is 4.79 Å². The first-order valence-electron chi connectivity index (χ1n) is 9.16. The van der Waals surface area contributed by atoms with Gasteiger partial charge in [0.05, 0.1) is 6.61 Å². The summed E-state index contributed by atoms with van der Waals surface area (Å²) >= 11 is 0. The third-order valence-corrected chi connectivity index (χ3v) is 4.92. The monoisotopic (exact) mass is 368 g/mol. The van der Waals surface area contributed by atoms with Gasteiger partial charge in [-0.05, 0) is 75.2 Å².